The Kier molecular flexibility index (Phi) is 6.15. The van der Waals surface area contributed by atoms with Crippen molar-refractivity contribution in [1.82, 2.24) is 15.0 Å². The third-order valence-corrected chi connectivity index (χ3v) is 7.35. The summed E-state index contributed by atoms with van der Waals surface area (Å²) < 4.78 is 29.2. The highest BCUT2D eigenvalue weighted by molar-refractivity contribution is 7.94. The van der Waals surface area contributed by atoms with Gasteiger partial charge in [-0.3, -0.25) is 9.52 Å². The number of hydrogen-bond acceptors (Lipinski definition) is 6. The number of imidazole rings is 1. The molecule has 1 amide bonds. The Morgan fingerprint density at radius 3 is 2.38 bits per heavy atom. The van der Waals surface area contributed by atoms with E-state index >= 15 is 0 Å². The van der Waals surface area contributed by atoms with Crippen molar-refractivity contribution in [3.8, 4) is 5.69 Å². The molecule has 0 saturated carbocycles. The van der Waals surface area contributed by atoms with Gasteiger partial charge in [0.15, 0.2) is 0 Å². The maximum atomic E-state index is 12.4. The quantitative estimate of drug-likeness (QED) is 0.319. The molecule has 0 spiro atoms. The zero-order valence-corrected chi connectivity index (χ0v) is 18.6. The molecular weight excluding hydrogens is 446 g/mol. The lowest BCUT2D eigenvalue weighted by Crippen LogP contribution is -2.19. The summed E-state index contributed by atoms with van der Waals surface area (Å²) in [6.07, 6.45) is 5.28. The van der Waals surface area contributed by atoms with Crippen LogP contribution in [0.15, 0.2) is 94.1 Å². The van der Waals surface area contributed by atoms with Crippen molar-refractivity contribution in [3.63, 3.8) is 0 Å². The van der Waals surface area contributed by atoms with Crippen LogP contribution in [0.3, 0.4) is 0 Å². The second-order valence-corrected chi connectivity index (χ2v) is 9.63. The molecule has 8 nitrogen and oxygen atoms in total. The monoisotopic (exact) mass is 465 g/mol. The van der Waals surface area contributed by atoms with Crippen LogP contribution in [0.2, 0.25) is 0 Å². The summed E-state index contributed by atoms with van der Waals surface area (Å²) >= 11 is 1.13. The number of nitrogens with one attached hydrogen (secondary N) is 2. The number of carbonyl (C=O) groups is 1. The van der Waals surface area contributed by atoms with Crippen LogP contribution in [0.5, 0.6) is 0 Å². The fourth-order valence-electron chi connectivity index (χ4n) is 2.86. The van der Waals surface area contributed by atoms with Crippen LogP contribution in [0, 0.1) is 0 Å². The van der Waals surface area contributed by atoms with E-state index in [-0.39, 0.29) is 4.21 Å². The summed E-state index contributed by atoms with van der Waals surface area (Å²) in [6, 6.07) is 17.0. The van der Waals surface area contributed by atoms with E-state index in [2.05, 4.69) is 20.2 Å². The number of anilines is 1. The topological polar surface area (TPSA) is 105 Å². The molecule has 32 heavy (non-hydrogen) atoms. The van der Waals surface area contributed by atoms with E-state index in [9.17, 15) is 13.2 Å². The third-order valence-electron chi connectivity index (χ3n) is 4.57. The molecule has 0 radical (unpaired) electrons. The number of thiophene rings is 1. The van der Waals surface area contributed by atoms with Crippen molar-refractivity contribution in [1.29, 1.82) is 0 Å². The van der Waals surface area contributed by atoms with E-state index < -0.39 is 15.9 Å². The molecule has 0 atom stereocenters. The predicted molar refractivity (Wildman–Crippen MR) is 125 cm³/mol. The van der Waals surface area contributed by atoms with Gasteiger partial charge in [0, 0.05) is 29.3 Å². The maximum absolute atomic E-state index is 12.4. The average Bonchev–Trinajstić information content (AvgIpc) is 3.52. The number of carbonyl (C=O) groups excluding carboxylic acids is 1. The van der Waals surface area contributed by atoms with Crippen LogP contribution in [0.1, 0.15) is 22.8 Å². The number of hydrogen-bond donors (Lipinski definition) is 2. The first kappa shape index (κ1) is 21.5. The molecule has 0 saturated heterocycles. The van der Waals surface area contributed by atoms with Crippen LogP contribution < -0.4 is 10.1 Å². The fraction of sp³-hybridized carbons (Fsp3) is 0.0455. The Morgan fingerprint density at radius 2 is 1.75 bits per heavy atom. The Labute approximate surface area is 189 Å². The Morgan fingerprint density at radius 1 is 1.03 bits per heavy atom. The standard InChI is InChI=1S/C22H19N5O3S2/c1-16(17-6-10-20(11-7-17)27-13-12-23-15-27)24-25-22(28)18-4-8-19(9-5-18)26-32(29,30)21-3-2-14-31-21/h2-15,26H,1H3,(H,25,28). The van der Waals surface area contributed by atoms with E-state index in [1.807, 2.05) is 35.0 Å². The lowest BCUT2D eigenvalue weighted by atomic mass is 10.1. The molecule has 0 fully saturated rings. The van der Waals surface area contributed by atoms with Crippen LogP contribution in [-0.4, -0.2) is 29.6 Å². The van der Waals surface area contributed by atoms with Crippen LogP contribution in [0.4, 0.5) is 5.69 Å². The summed E-state index contributed by atoms with van der Waals surface area (Å²) in [5.74, 6) is -0.396. The zero-order valence-electron chi connectivity index (χ0n) is 17.0. The lowest BCUT2D eigenvalue weighted by Gasteiger charge is -2.08. The molecule has 0 aliphatic heterocycles. The van der Waals surface area contributed by atoms with E-state index in [0.717, 1.165) is 22.6 Å². The zero-order chi connectivity index (χ0) is 22.6. The number of benzene rings is 2. The third kappa shape index (κ3) is 4.93. The predicted octanol–water partition coefficient (Wildman–Crippen LogP) is 3.89. The second-order valence-electron chi connectivity index (χ2n) is 6.77. The summed E-state index contributed by atoms with van der Waals surface area (Å²) in [7, 11) is -3.63. The average molecular weight is 466 g/mol. The molecule has 4 aromatic rings. The van der Waals surface area contributed by atoms with Crippen LogP contribution in [0.25, 0.3) is 5.69 Å². The number of rotatable bonds is 7. The number of sulfonamides is 1. The highest BCUT2D eigenvalue weighted by Gasteiger charge is 2.15. The molecule has 0 bridgehead atoms. The van der Waals surface area contributed by atoms with Gasteiger partial charge in [-0.25, -0.2) is 18.8 Å². The Bertz CT molecular complexity index is 1330. The summed E-state index contributed by atoms with van der Waals surface area (Å²) in [5, 5.41) is 5.86. The van der Waals surface area contributed by atoms with Gasteiger partial charge >= 0.3 is 0 Å². The van der Waals surface area contributed by atoms with Gasteiger partial charge in [-0.2, -0.15) is 5.10 Å². The number of aromatic nitrogens is 2. The molecule has 2 aromatic carbocycles. The number of amides is 1. The SMILES string of the molecule is CC(=NNC(=O)c1ccc(NS(=O)(=O)c2cccs2)cc1)c1ccc(-n2ccnc2)cc1. The normalized spacial score (nSPS) is 11.8. The molecule has 2 aromatic heterocycles. The van der Waals surface area contributed by atoms with Crippen molar-refractivity contribution in [2.24, 2.45) is 5.10 Å². The molecular formula is C22H19N5O3S2. The van der Waals surface area contributed by atoms with Crippen LogP contribution >= 0.6 is 11.3 Å². The highest BCUT2D eigenvalue weighted by Crippen LogP contribution is 2.20. The van der Waals surface area contributed by atoms with Crippen molar-refractivity contribution in [2.45, 2.75) is 11.1 Å². The van der Waals surface area contributed by atoms with E-state index in [1.54, 1.807) is 30.9 Å². The lowest BCUT2D eigenvalue weighted by molar-refractivity contribution is 0.0955. The van der Waals surface area contributed by atoms with E-state index in [4.69, 9.17) is 0 Å². The number of nitrogens with zero attached hydrogens (tertiary/aromatic N) is 3. The molecule has 0 aliphatic rings. The summed E-state index contributed by atoms with van der Waals surface area (Å²) in [5.41, 5.74) is 5.74. The van der Waals surface area contributed by atoms with Gasteiger partial charge in [0.2, 0.25) is 0 Å². The Balaban J connectivity index is 1.38. The minimum atomic E-state index is -3.63. The first-order valence-corrected chi connectivity index (χ1v) is 11.9. The van der Waals surface area contributed by atoms with Crippen molar-refractivity contribution in [3.05, 3.63) is 95.9 Å². The molecule has 2 N–H and O–H groups in total. The minimum absolute atomic E-state index is 0.224. The van der Waals surface area contributed by atoms with Gasteiger partial charge in [0.1, 0.15) is 4.21 Å². The van der Waals surface area contributed by atoms with Gasteiger partial charge in [-0.05, 0) is 60.3 Å². The summed E-state index contributed by atoms with van der Waals surface area (Å²) in [6.45, 7) is 1.80. The number of hydrazone groups is 1. The van der Waals surface area contributed by atoms with Gasteiger partial charge in [0.05, 0.1) is 12.0 Å². The fourth-order valence-corrected chi connectivity index (χ4v) is 4.91. The molecule has 10 heteroatoms. The maximum Gasteiger partial charge on any atom is 0.271 e. The molecule has 2 heterocycles. The largest absolute Gasteiger partial charge is 0.306 e. The van der Waals surface area contributed by atoms with Gasteiger partial charge in [-0.15, -0.1) is 11.3 Å². The molecule has 4 rings (SSSR count). The molecule has 162 valence electrons. The van der Waals surface area contributed by atoms with Crippen molar-refractivity contribution >= 4 is 38.7 Å². The van der Waals surface area contributed by atoms with Gasteiger partial charge < -0.3 is 4.57 Å². The van der Waals surface area contributed by atoms with Gasteiger partial charge in [0.25, 0.3) is 15.9 Å². The van der Waals surface area contributed by atoms with Crippen LogP contribution in [-0.2, 0) is 10.0 Å². The first-order valence-electron chi connectivity index (χ1n) is 9.52. The Hall–Kier alpha value is -3.76. The highest BCUT2D eigenvalue weighted by atomic mass is 32.2. The minimum Gasteiger partial charge on any atom is -0.306 e. The molecule has 0 aliphatic carbocycles. The molecule has 0 unspecified atom stereocenters. The van der Waals surface area contributed by atoms with E-state index in [1.165, 1.54) is 30.3 Å². The van der Waals surface area contributed by atoms with Crippen molar-refractivity contribution < 1.29 is 13.2 Å². The van der Waals surface area contributed by atoms with Gasteiger partial charge in [-0.1, -0.05) is 18.2 Å². The second kappa shape index (κ2) is 9.16. The summed E-state index contributed by atoms with van der Waals surface area (Å²) in [4.78, 5) is 16.4. The van der Waals surface area contributed by atoms with E-state index in [0.29, 0.717) is 17.0 Å². The van der Waals surface area contributed by atoms with Crippen molar-refractivity contribution in [2.75, 3.05) is 4.72 Å². The first-order chi connectivity index (χ1) is 15.4. The smallest absolute Gasteiger partial charge is 0.271 e.